The summed E-state index contributed by atoms with van der Waals surface area (Å²) in [6, 6.07) is 8.37. The average Bonchev–Trinajstić information content (AvgIpc) is 3.80. The van der Waals surface area contributed by atoms with Crippen molar-refractivity contribution in [1.29, 1.82) is 0 Å². The molecule has 6 atom stereocenters. The number of pyridine rings is 1. The lowest BCUT2D eigenvalue weighted by Gasteiger charge is -2.30. The van der Waals surface area contributed by atoms with Crippen LogP contribution in [0.5, 0.6) is 0 Å². The number of aliphatic hydroxyl groups is 1. The molecular weight excluding hydrogens is 673 g/mol. The molecule has 3 N–H and O–H groups in total. The van der Waals surface area contributed by atoms with E-state index in [1.807, 2.05) is 24.3 Å². The zero-order chi connectivity index (χ0) is 37.2. The fraction of sp³-hybridized carbons (Fsp3) is 0.421. The maximum Gasteiger partial charge on any atom is 0.412 e. The predicted octanol–water partition coefficient (Wildman–Crippen LogP) is 5.08. The van der Waals surface area contributed by atoms with Gasteiger partial charge in [-0.3, -0.25) is 14.9 Å². The molecule has 1 fully saturated rings. The second-order valence-corrected chi connectivity index (χ2v) is 13.2. The minimum absolute atomic E-state index is 0.00830. The smallest absolute Gasteiger partial charge is 0.412 e. The number of benzene rings is 1. The van der Waals surface area contributed by atoms with Gasteiger partial charge in [0.15, 0.2) is 11.6 Å². The SMILES string of the molecule is CC1=C\[C@@H](O)C[C@@H](F)Cc2nc(co2)C(=O)N2CCC[C@@H]2C(=O)O[C@H]([C@@H](C)COC(=O)Nc2cc3ccccc3cn2)[C@H](C)/C=C/C(=O)NC\C=C\1. The third-order valence-electron chi connectivity index (χ3n) is 8.90. The summed E-state index contributed by atoms with van der Waals surface area (Å²) in [7, 11) is 0. The molecule has 3 aromatic rings. The number of aromatic nitrogens is 2. The van der Waals surface area contributed by atoms with E-state index in [-0.39, 0.29) is 44.1 Å². The van der Waals surface area contributed by atoms with Gasteiger partial charge in [-0.05, 0) is 37.3 Å². The first kappa shape index (κ1) is 37.9. The molecule has 2 aromatic heterocycles. The molecule has 2 bridgehead atoms. The van der Waals surface area contributed by atoms with Crippen molar-refractivity contribution in [2.75, 3.05) is 25.0 Å². The van der Waals surface area contributed by atoms with Gasteiger partial charge in [-0.25, -0.2) is 23.9 Å². The van der Waals surface area contributed by atoms with Crippen molar-refractivity contribution in [2.45, 2.75) is 70.9 Å². The molecule has 1 saturated heterocycles. The first-order valence-corrected chi connectivity index (χ1v) is 17.3. The molecule has 0 unspecified atom stereocenters. The monoisotopic (exact) mass is 717 g/mol. The van der Waals surface area contributed by atoms with Crippen LogP contribution in [0.25, 0.3) is 10.8 Å². The van der Waals surface area contributed by atoms with Crippen molar-refractivity contribution in [1.82, 2.24) is 20.2 Å². The molecule has 3 amide bonds. The summed E-state index contributed by atoms with van der Waals surface area (Å²) in [5, 5.41) is 17.5. The van der Waals surface area contributed by atoms with Gasteiger partial charge in [0, 0.05) is 42.9 Å². The zero-order valence-electron chi connectivity index (χ0n) is 29.4. The number of anilines is 1. The van der Waals surface area contributed by atoms with E-state index in [2.05, 4.69) is 20.6 Å². The highest BCUT2D eigenvalue weighted by molar-refractivity contribution is 5.95. The average molecular weight is 718 g/mol. The number of esters is 1. The van der Waals surface area contributed by atoms with Gasteiger partial charge in [0.25, 0.3) is 5.91 Å². The number of nitrogens with zero attached hydrogens (tertiary/aromatic N) is 3. The minimum Gasteiger partial charge on any atom is -0.460 e. The molecule has 0 spiro atoms. The topological polar surface area (TPSA) is 173 Å². The third-order valence-corrected chi connectivity index (χ3v) is 8.90. The molecule has 13 nitrogen and oxygen atoms in total. The largest absolute Gasteiger partial charge is 0.460 e. The number of rotatable bonds is 4. The van der Waals surface area contributed by atoms with Crippen LogP contribution in [0.3, 0.4) is 0 Å². The van der Waals surface area contributed by atoms with Gasteiger partial charge in [-0.15, -0.1) is 0 Å². The summed E-state index contributed by atoms with van der Waals surface area (Å²) in [6.07, 6.45) is 6.82. The van der Waals surface area contributed by atoms with Crippen molar-refractivity contribution in [3.63, 3.8) is 0 Å². The van der Waals surface area contributed by atoms with Gasteiger partial charge >= 0.3 is 12.1 Å². The number of nitrogens with one attached hydrogen (secondary N) is 2. The Bertz CT molecular complexity index is 1840. The van der Waals surface area contributed by atoms with Crippen LogP contribution in [0.4, 0.5) is 15.0 Å². The molecule has 4 heterocycles. The minimum atomic E-state index is -1.50. The molecule has 0 saturated carbocycles. The van der Waals surface area contributed by atoms with Crippen molar-refractivity contribution < 1.29 is 42.6 Å². The van der Waals surface area contributed by atoms with Crippen LogP contribution in [0.1, 0.15) is 56.4 Å². The number of aliphatic hydroxyl groups excluding tert-OH is 1. The number of halogens is 1. The number of fused-ring (bicyclic) bond motifs is 4. The summed E-state index contributed by atoms with van der Waals surface area (Å²) in [5.41, 5.74) is 0.595. The molecule has 276 valence electrons. The van der Waals surface area contributed by atoms with E-state index in [1.54, 1.807) is 51.3 Å². The van der Waals surface area contributed by atoms with Crippen LogP contribution in [0, 0.1) is 11.8 Å². The Kier molecular flexibility index (Phi) is 12.9. The van der Waals surface area contributed by atoms with E-state index in [9.17, 15) is 28.7 Å². The number of ether oxygens (including phenoxy) is 2. The maximum atomic E-state index is 14.8. The Labute approximate surface area is 301 Å². The molecule has 14 heteroatoms. The van der Waals surface area contributed by atoms with Crippen LogP contribution in [-0.2, 0) is 25.5 Å². The standard InChI is InChI=1S/C38H44FN5O8/c1-23-8-6-14-40-33(46)13-12-24(2)35(25(3)21-51-38(49)43-32-17-26-9-4-5-10-27(26)20-41-32)52-37(48)31-11-7-15-44(31)36(47)30-22-50-34(42-30)19-28(39)18-29(45)16-23/h4-6,8-10,12-13,16-17,20,22,24-25,28-29,31,35,45H,7,11,14-15,18-19,21H2,1-3H3,(H,40,46)(H,41,43,49)/b8-6+,13-12+,23-16+/t24-,25+,28-,29-,31-,35+/m1/s1. The Morgan fingerprint density at radius 2 is 2.00 bits per heavy atom. The number of allylic oxidation sites excluding steroid dienone is 2. The molecule has 0 radical (unpaired) electrons. The lowest BCUT2D eigenvalue weighted by molar-refractivity contribution is -0.159. The predicted molar refractivity (Wildman–Crippen MR) is 190 cm³/mol. The number of cyclic esters (lactones) is 1. The summed E-state index contributed by atoms with van der Waals surface area (Å²) >= 11 is 0. The van der Waals surface area contributed by atoms with E-state index in [0.717, 1.165) is 17.0 Å². The number of hydrogen-bond donors (Lipinski definition) is 3. The Hall–Kier alpha value is -5.37. The van der Waals surface area contributed by atoms with Gasteiger partial charge in [-0.1, -0.05) is 68.0 Å². The molecule has 1 aromatic carbocycles. The number of carbonyl (C=O) groups excluding carboxylic acids is 4. The quantitative estimate of drug-likeness (QED) is 0.309. The van der Waals surface area contributed by atoms with Crippen LogP contribution >= 0.6 is 0 Å². The van der Waals surface area contributed by atoms with Crippen LogP contribution in [-0.4, -0.2) is 88.0 Å². The van der Waals surface area contributed by atoms with E-state index in [0.29, 0.717) is 24.2 Å². The number of alkyl halides is 1. The fourth-order valence-electron chi connectivity index (χ4n) is 6.23. The zero-order valence-corrected chi connectivity index (χ0v) is 29.4. The Morgan fingerprint density at radius 3 is 2.81 bits per heavy atom. The molecule has 2 aliphatic rings. The first-order chi connectivity index (χ1) is 25.0. The third kappa shape index (κ3) is 10.3. The number of carbonyl (C=O) groups is 4. The summed E-state index contributed by atoms with van der Waals surface area (Å²) in [6.45, 7) is 5.57. The van der Waals surface area contributed by atoms with Gasteiger partial charge in [-0.2, -0.15) is 0 Å². The Morgan fingerprint density at radius 1 is 1.21 bits per heavy atom. The van der Waals surface area contributed by atoms with Crippen molar-refractivity contribution >= 4 is 40.5 Å². The maximum absolute atomic E-state index is 14.8. The van der Waals surface area contributed by atoms with E-state index in [4.69, 9.17) is 13.9 Å². The van der Waals surface area contributed by atoms with Crippen LogP contribution in [0.2, 0.25) is 0 Å². The number of hydrogen-bond acceptors (Lipinski definition) is 10. The van der Waals surface area contributed by atoms with E-state index >= 15 is 0 Å². The normalized spacial score (nSPS) is 26.6. The van der Waals surface area contributed by atoms with E-state index < -0.39 is 60.1 Å². The number of amides is 3. The number of oxazole rings is 1. The van der Waals surface area contributed by atoms with Gasteiger partial charge in [0.2, 0.25) is 5.91 Å². The molecular formula is C38H44FN5O8. The lowest BCUT2D eigenvalue weighted by Crippen LogP contribution is -2.44. The molecule has 52 heavy (non-hydrogen) atoms. The van der Waals surface area contributed by atoms with Crippen LogP contribution < -0.4 is 10.6 Å². The Balaban J connectivity index is 1.32. The van der Waals surface area contributed by atoms with Crippen molar-refractivity contribution in [3.05, 3.63) is 90.3 Å². The highest BCUT2D eigenvalue weighted by Gasteiger charge is 2.39. The highest BCUT2D eigenvalue weighted by Crippen LogP contribution is 2.26. The second kappa shape index (κ2) is 17.7. The molecule has 5 rings (SSSR count). The summed E-state index contributed by atoms with van der Waals surface area (Å²) in [4.78, 5) is 62.4. The van der Waals surface area contributed by atoms with Gasteiger partial charge in [0.05, 0.1) is 19.1 Å². The van der Waals surface area contributed by atoms with Crippen molar-refractivity contribution in [3.8, 4) is 0 Å². The highest BCUT2D eigenvalue weighted by atomic mass is 19.1. The van der Waals surface area contributed by atoms with Gasteiger partial charge < -0.3 is 29.2 Å². The van der Waals surface area contributed by atoms with Crippen LogP contribution in [0.15, 0.2) is 83.2 Å². The summed E-state index contributed by atoms with van der Waals surface area (Å²) in [5.74, 6) is -2.38. The molecule has 2 aliphatic heterocycles. The summed E-state index contributed by atoms with van der Waals surface area (Å²) < 4.78 is 31.8. The van der Waals surface area contributed by atoms with Gasteiger partial charge in [0.1, 0.15) is 30.4 Å². The lowest BCUT2D eigenvalue weighted by atomic mass is 9.93. The second-order valence-electron chi connectivity index (χ2n) is 13.2. The van der Waals surface area contributed by atoms with Crippen molar-refractivity contribution in [2.24, 2.45) is 11.8 Å². The first-order valence-electron chi connectivity index (χ1n) is 17.3. The van der Waals surface area contributed by atoms with E-state index in [1.165, 1.54) is 17.1 Å². The fourth-order valence-corrected chi connectivity index (χ4v) is 6.23. The molecule has 0 aliphatic carbocycles.